The number of hydrogen-bond donors (Lipinski definition) is 1. The Morgan fingerprint density at radius 2 is 2.00 bits per heavy atom. The van der Waals surface area contributed by atoms with Gasteiger partial charge in [0.2, 0.25) is 0 Å². The van der Waals surface area contributed by atoms with Gasteiger partial charge in [-0.3, -0.25) is 14.6 Å². The average molecular weight is 260 g/mol. The second-order valence-corrected chi connectivity index (χ2v) is 5.54. The van der Waals surface area contributed by atoms with Gasteiger partial charge in [-0.15, -0.1) is 0 Å². The van der Waals surface area contributed by atoms with Crippen LogP contribution < -0.4 is 0 Å². The number of carbonyl (C=O) groups is 1. The van der Waals surface area contributed by atoms with Gasteiger partial charge in [-0.1, -0.05) is 30.3 Å². The van der Waals surface area contributed by atoms with E-state index in [1.807, 2.05) is 6.07 Å². The molecular weight excluding hydrogens is 240 g/mol. The van der Waals surface area contributed by atoms with Crippen LogP contribution in [0.1, 0.15) is 18.4 Å². The smallest absolute Gasteiger partial charge is 0.320 e. The molecule has 1 aromatic carbocycles. The molecule has 102 valence electrons. The topological polar surface area (TPSA) is 43.8 Å². The minimum Gasteiger partial charge on any atom is -0.480 e. The van der Waals surface area contributed by atoms with Crippen LogP contribution in [0.3, 0.4) is 0 Å². The molecule has 2 heterocycles. The predicted molar refractivity (Wildman–Crippen MR) is 72.9 cm³/mol. The number of benzene rings is 1. The number of nitrogens with zero attached hydrogens (tertiary/aromatic N) is 2. The van der Waals surface area contributed by atoms with Gasteiger partial charge in [-0.25, -0.2) is 0 Å². The van der Waals surface area contributed by atoms with Crippen molar-refractivity contribution in [1.82, 2.24) is 9.80 Å². The molecule has 0 amide bonds. The summed E-state index contributed by atoms with van der Waals surface area (Å²) in [5, 5.41) is 9.20. The highest BCUT2D eigenvalue weighted by Gasteiger charge is 2.40. The zero-order valence-corrected chi connectivity index (χ0v) is 11.0. The SMILES string of the molecule is O=C(O)C1CCC2CN(Cc3ccccc3)CCN21. The number of carboxylic acid groups (broad SMARTS) is 1. The molecule has 2 atom stereocenters. The molecule has 1 aromatic rings. The largest absolute Gasteiger partial charge is 0.480 e. The van der Waals surface area contributed by atoms with E-state index in [-0.39, 0.29) is 6.04 Å². The average Bonchev–Trinajstić information content (AvgIpc) is 2.83. The minimum atomic E-state index is -0.654. The van der Waals surface area contributed by atoms with Crippen LogP contribution in [0.4, 0.5) is 0 Å². The quantitative estimate of drug-likeness (QED) is 0.892. The lowest BCUT2D eigenvalue weighted by atomic mass is 10.1. The van der Waals surface area contributed by atoms with Gasteiger partial charge in [0.05, 0.1) is 0 Å². The lowest BCUT2D eigenvalue weighted by Crippen LogP contribution is -2.53. The molecule has 0 radical (unpaired) electrons. The summed E-state index contributed by atoms with van der Waals surface area (Å²) in [6.45, 7) is 3.82. The van der Waals surface area contributed by atoms with Crippen molar-refractivity contribution in [3.8, 4) is 0 Å². The van der Waals surface area contributed by atoms with Crippen molar-refractivity contribution < 1.29 is 9.90 Å². The number of fused-ring (bicyclic) bond motifs is 1. The molecule has 0 aliphatic carbocycles. The first-order valence-corrected chi connectivity index (χ1v) is 6.99. The highest BCUT2D eigenvalue weighted by atomic mass is 16.4. The lowest BCUT2D eigenvalue weighted by molar-refractivity contribution is -0.143. The molecule has 2 unspecified atom stereocenters. The van der Waals surface area contributed by atoms with Gasteiger partial charge in [-0.2, -0.15) is 0 Å². The summed E-state index contributed by atoms with van der Waals surface area (Å²) in [7, 11) is 0. The van der Waals surface area contributed by atoms with Gasteiger partial charge in [0.1, 0.15) is 6.04 Å². The van der Waals surface area contributed by atoms with E-state index < -0.39 is 5.97 Å². The van der Waals surface area contributed by atoms with Crippen molar-refractivity contribution in [2.45, 2.75) is 31.5 Å². The summed E-state index contributed by atoms with van der Waals surface area (Å²) in [6, 6.07) is 10.7. The van der Waals surface area contributed by atoms with Crippen LogP contribution in [-0.2, 0) is 11.3 Å². The molecule has 4 heteroatoms. The van der Waals surface area contributed by atoms with E-state index in [2.05, 4.69) is 34.1 Å². The van der Waals surface area contributed by atoms with Crippen LogP contribution in [0, 0.1) is 0 Å². The first-order valence-electron chi connectivity index (χ1n) is 6.99. The van der Waals surface area contributed by atoms with E-state index in [9.17, 15) is 9.90 Å². The van der Waals surface area contributed by atoms with E-state index in [0.29, 0.717) is 6.04 Å². The van der Waals surface area contributed by atoms with Gasteiger partial charge >= 0.3 is 5.97 Å². The van der Waals surface area contributed by atoms with Gasteiger partial charge in [0.25, 0.3) is 0 Å². The van der Waals surface area contributed by atoms with Crippen LogP contribution in [0.5, 0.6) is 0 Å². The Kier molecular flexibility index (Phi) is 3.53. The first kappa shape index (κ1) is 12.6. The van der Waals surface area contributed by atoms with Crippen LogP contribution in [0.2, 0.25) is 0 Å². The molecule has 4 nitrogen and oxygen atoms in total. The fraction of sp³-hybridized carbons (Fsp3) is 0.533. The van der Waals surface area contributed by atoms with Crippen LogP contribution in [0.25, 0.3) is 0 Å². The van der Waals surface area contributed by atoms with Gasteiger partial charge in [0, 0.05) is 32.2 Å². The van der Waals surface area contributed by atoms with Gasteiger partial charge < -0.3 is 5.11 Å². The Hall–Kier alpha value is -1.39. The van der Waals surface area contributed by atoms with Gasteiger partial charge in [-0.05, 0) is 18.4 Å². The van der Waals surface area contributed by atoms with E-state index in [1.54, 1.807) is 0 Å². The monoisotopic (exact) mass is 260 g/mol. The molecule has 19 heavy (non-hydrogen) atoms. The molecule has 0 saturated carbocycles. The number of piperazine rings is 1. The molecule has 2 aliphatic rings. The van der Waals surface area contributed by atoms with Crippen LogP contribution >= 0.6 is 0 Å². The molecule has 1 N–H and O–H groups in total. The number of rotatable bonds is 3. The van der Waals surface area contributed by atoms with E-state index in [4.69, 9.17) is 0 Å². The molecule has 2 saturated heterocycles. The zero-order valence-electron chi connectivity index (χ0n) is 11.0. The standard InChI is InChI=1S/C15H20N2O2/c18-15(19)14-7-6-13-11-16(8-9-17(13)14)10-12-4-2-1-3-5-12/h1-5,13-14H,6-11H2,(H,18,19). The molecule has 2 aliphatic heterocycles. The van der Waals surface area contributed by atoms with Crippen molar-refractivity contribution in [3.05, 3.63) is 35.9 Å². The third-order valence-electron chi connectivity index (χ3n) is 4.32. The van der Waals surface area contributed by atoms with E-state index in [0.717, 1.165) is 39.0 Å². The van der Waals surface area contributed by atoms with E-state index >= 15 is 0 Å². The Morgan fingerprint density at radius 1 is 1.21 bits per heavy atom. The molecule has 0 aromatic heterocycles. The third kappa shape index (κ3) is 2.65. The van der Waals surface area contributed by atoms with Crippen molar-refractivity contribution in [3.63, 3.8) is 0 Å². The summed E-state index contributed by atoms with van der Waals surface area (Å²) >= 11 is 0. The van der Waals surface area contributed by atoms with Crippen LogP contribution in [-0.4, -0.2) is 52.6 Å². The highest BCUT2D eigenvalue weighted by Crippen LogP contribution is 2.28. The molecule has 0 spiro atoms. The number of aliphatic carboxylic acids is 1. The zero-order chi connectivity index (χ0) is 13.2. The van der Waals surface area contributed by atoms with Crippen molar-refractivity contribution >= 4 is 5.97 Å². The van der Waals surface area contributed by atoms with Crippen LogP contribution in [0.15, 0.2) is 30.3 Å². The minimum absolute atomic E-state index is 0.246. The molecule has 3 rings (SSSR count). The maximum atomic E-state index is 11.2. The van der Waals surface area contributed by atoms with Crippen molar-refractivity contribution in [1.29, 1.82) is 0 Å². The number of hydrogen-bond acceptors (Lipinski definition) is 3. The number of carboxylic acids is 1. The van der Waals surface area contributed by atoms with Gasteiger partial charge in [0.15, 0.2) is 0 Å². The second kappa shape index (κ2) is 5.31. The Balaban J connectivity index is 1.61. The fourth-order valence-corrected chi connectivity index (χ4v) is 3.37. The first-order chi connectivity index (χ1) is 9.24. The molecular formula is C15H20N2O2. The molecule has 0 bridgehead atoms. The summed E-state index contributed by atoms with van der Waals surface area (Å²) in [5.74, 6) is -0.654. The predicted octanol–water partition coefficient (Wildman–Crippen LogP) is 1.42. The van der Waals surface area contributed by atoms with Crippen molar-refractivity contribution in [2.24, 2.45) is 0 Å². The van der Waals surface area contributed by atoms with E-state index in [1.165, 1.54) is 5.56 Å². The summed E-state index contributed by atoms with van der Waals surface area (Å²) in [6.07, 6.45) is 1.82. The summed E-state index contributed by atoms with van der Waals surface area (Å²) < 4.78 is 0. The summed E-state index contributed by atoms with van der Waals surface area (Å²) in [4.78, 5) is 15.8. The normalized spacial score (nSPS) is 28.2. The molecule has 2 fully saturated rings. The Bertz CT molecular complexity index is 449. The summed E-state index contributed by atoms with van der Waals surface area (Å²) in [5.41, 5.74) is 1.34. The van der Waals surface area contributed by atoms with Crippen molar-refractivity contribution in [2.75, 3.05) is 19.6 Å². The third-order valence-corrected chi connectivity index (χ3v) is 4.32. The highest BCUT2D eigenvalue weighted by molar-refractivity contribution is 5.74. The Morgan fingerprint density at radius 3 is 2.74 bits per heavy atom. The second-order valence-electron chi connectivity index (χ2n) is 5.54. The fourth-order valence-electron chi connectivity index (χ4n) is 3.37. The lowest BCUT2D eigenvalue weighted by Gasteiger charge is -2.39. The maximum Gasteiger partial charge on any atom is 0.320 e. The Labute approximate surface area is 113 Å². The maximum absolute atomic E-state index is 11.2.